The maximum absolute atomic E-state index is 12.6. The summed E-state index contributed by atoms with van der Waals surface area (Å²) in [5.41, 5.74) is 9.33. The average Bonchev–Trinajstić information content (AvgIpc) is 3.14. The van der Waals surface area contributed by atoms with E-state index in [4.69, 9.17) is 10.2 Å². The minimum absolute atomic E-state index is 0.103. The van der Waals surface area contributed by atoms with Crippen LogP contribution < -0.4 is 11.1 Å². The normalized spacial score (nSPS) is 11.1. The van der Waals surface area contributed by atoms with Crippen LogP contribution in [0.2, 0.25) is 0 Å². The molecule has 25 heavy (non-hydrogen) atoms. The summed E-state index contributed by atoms with van der Waals surface area (Å²) in [6.07, 6.45) is 1.66. The van der Waals surface area contributed by atoms with Crippen LogP contribution in [0.3, 0.4) is 0 Å². The number of nitrogens with one attached hydrogen (secondary N) is 1. The molecular formula is C21H18N2O2. The Morgan fingerprint density at radius 2 is 1.80 bits per heavy atom. The van der Waals surface area contributed by atoms with Crippen LogP contribution in [-0.2, 0) is 13.1 Å². The van der Waals surface area contributed by atoms with Gasteiger partial charge in [0.1, 0.15) is 5.58 Å². The van der Waals surface area contributed by atoms with Crippen molar-refractivity contribution in [1.82, 2.24) is 5.32 Å². The summed E-state index contributed by atoms with van der Waals surface area (Å²) in [4.78, 5) is 12.6. The Hall–Kier alpha value is -3.11. The molecule has 4 aromatic rings. The van der Waals surface area contributed by atoms with Gasteiger partial charge in [0.05, 0.1) is 6.26 Å². The van der Waals surface area contributed by atoms with Crippen molar-refractivity contribution < 1.29 is 9.21 Å². The first kappa shape index (κ1) is 15.4. The van der Waals surface area contributed by atoms with Gasteiger partial charge in [-0.3, -0.25) is 4.79 Å². The maximum Gasteiger partial charge on any atom is 0.251 e. The van der Waals surface area contributed by atoms with Crippen molar-refractivity contribution in [1.29, 1.82) is 0 Å². The number of carbonyl (C=O) groups is 1. The van der Waals surface area contributed by atoms with E-state index in [0.717, 1.165) is 32.9 Å². The standard InChI is InChI=1S/C21H18N2O2/c22-12-16-4-1-3-14-7-8-15(11-19(14)16)21(24)23-13-17-5-2-6-20-18(17)9-10-25-20/h1-11H,12-13,22H2,(H,23,24). The van der Waals surface area contributed by atoms with Gasteiger partial charge in [-0.25, -0.2) is 0 Å². The van der Waals surface area contributed by atoms with Gasteiger partial charge in [0.2, 0.25) is 0 Å². The number of hydrogen-bond donors (Lipinski definition) is 2. The highest BCUT2D eigenvalue weighted by atomic mass is 16.3. The Labute approximate surface area is 145 Å². The smallest absolute Gasteiger partial charge is 0.251 e. The van der Waals surface area contributed by atoms with Gasteiger partial charge < -0.3 is 15.5 Å². The third-order valence-corrected chi connectivity index (χ3v) is 4.48. The molecule has 0 radical (unpaired) electrons. The molecule has 1 amide bonds. The summed E-state index contributed by atoms with van der Waals surface area (Å²) in [6.45, 7) is 0.900. The molecule has 3 N–H and O–H groups in total. The monoisotopic (exact) mass is 330 g/mol. The van der Waals surface area contributed by atoms with Gasteiger partial charge in [-0.1, -0.05) is 36.4 Å². The highest BCUT2D eigenvalue weighted by Gasteiger charge is 2.09. The fraction of sp³-hybridized carbons (Fsp3) is 0.0952. The Kier molecular flexibility index (Phi) is 3.96. The molecule has 3 aromatic carbocycles. The number of fused-ring (bicyclic) bond motifs is 2. The number of amides is 1. The van der Waals surface area contributed by atoms with Gasteiger partial charge in [-0.15, -0.1) is 0 Å². The van der Waals surface area contributed by atoms with E-state index in [-0.39, 0.29) is 5.91 Å². The number of rotatable bonds is 4. The van der Waals surface area contributed by atoms with Crippen LogP contribution in [0, 0.1) is 0 Å². The van der Waals surface area contributed by atoms with E-state index in [9.17, 15) is 4.79 Å². The number of carbonyl (C=O) groups excluding carboxylic acids is 1. The molecule has 4 heteroatoms. The van der Waals surface area contributed by atoms with E-state index >= 15 is 0 Å². The minimum Gasteiger partial charge on any atom is -0.464 e. The molecule has 1 heterocycles. The molecule has 4 rings (SSSR count). The Balaban J connectivity index is 1.59. The van der Waals surface area contributed by atoms with E-state index < -0.39 is 0 Å². The van der Waals surface area contributed by atoms with E-state index in [1.807, 2.05) is 60.7 Å². The van der Waals surface area contributed by atoms with Crippen molar-refractivity contribution in [2.45, 2.75) is 13.1 Å². The zero-order valence-corrected chi connectivity index (χ0v) is 13.7. The Bertz CT molecular complexity index is 1070. The molecule has 0 aliphatic heterocycles. The largest absolute Gasteiger partial charge is 0.464 e. The van der Waals surface area contributed by atoms with Gasteiger partial charge in [0, 0.05) is 24.0 Å². The first-order valence-electron chi connectivity index (χ1n) is 8.21. The summed E-state index contributed by atoms with van der Waals surface area (Å²) < 4.78 is 5.40. The Morgan fingerprint density at radius 3 is 2.68 bits per heavy atom. The molecule has 0 atom stereocenters. The summed E-state index contributed by atoms with van der Waals surface area (Å²) in [5, 5.41) is 6.12. The van der Waals surface area contributed by atoms with Crippen LogP contribution in [0.15, 0.2) is 71.3 Å². The molecular weight excluding hydrogens is 312 g/mol. The molecule has 0 unspecified atom stereocenters. The second-order valence-electron chi connectivity index (χ2n) is 5.99. The fourth-order valence-electron chi connectivity index (χ4n) is 3.15. The topological polar surface area (TPSA) is 68.3 Å². The Morgan fingerprint density at radius 1 is 0.960 bits per heavy atom. The third kappa shape index (κ3) is 2.88. The van der Waals surface area contributed by atoms with Crippen molar-refractivity contribution in [3.05, 3.63) is 83.6 Å². The fourth-order valence-corrected chi connectivity index (χ4v) is 3.15. The lowest BCUT2D eigenvalue weighted by molar-refractivity contribution is 0.0951. The van der Waals surface area contributed by atoms with Crippen molar-refractivity contribution in [3.63, 3.8) is 0 Å². The average molecular weight is 330 g/mol. The van der Waals surface area contributed by atoms with Gasteiger partial charge in [0.25, 0.3) is 5.91 Å². The zero-order chi connectivity index (χ0) is 17.2. The number of hydrogen-bond acceptors (Lipinski definition) is 3. The lowest BCUT2D eigenvalue weighted by atomic mass is 10.0. The molecule has 0 bridgehead atoms. The molecule has 0 aliphatic carbocycles. The van der Waals surface area contributed by atoms with Crippen LogP contribution in [-0.4, -0.2) is 5.91 Å². The number of furan rings is 1. The SMILES string of the molecule is NCc1cccc2ccc(C(=O)NCc3cccc4occc34)cc12. The van der Waals surface area contributed by atoms with Gasteiger partial charge in [-0.05, 0) is 46.2 Å². The molecule has 0 fully saturated rings. The van der Waals surface area contributed by atoms with Crippen LogP contribution >= 0.6 is 0 Å². The second kappa shape index (κ2) is 6.42. The predicted molar refractivity (Wildman–Crippen MR) is 99.2 cm³/mol. The molecule has 4 nitrogen and oxygen atoms in total. The van der Waals surface area contributed by atoms with Gasteiger partial charge in [-0.2, -0.15) is 0 Å². The number of benzene rings is 3. The molecule has 0 saturated carbocycles. The lowest BCUT2D eigenvalue weighted by Crippen LogP contribution is -2.22. The molecule has 0 spiro atoms. The van der Waals surface area contributed by atoms with E-state index in [1.54, 1.807) is 6.26 Å². The van der Waals surface area contributed by atoms with Gasteiger partial charge >= 0.3 is 0 Å². The summed E-state index contributed by atoms with van der Waals surface area (Å²) in [7, 11) is 0. The van der Waals surface area contributed by atoms with Crippen LogP contribution in [0.5, 0.6) is 0 Å². The van der Waals surface area contributed by atoms with Crippen molar-refractivity contribution >= 4 is 27.6 Å². The van der Waals surface area contributed by atoms with Crippen LogP contribution in [0.4, 0.5) is 0 Å². The first-order valence-corrected chi connectivity index (χ1v) is 8.21. The third-order valence-electron chi connectivity index (χ3n) is 4.48. The van der Waals surface area contributed by atoms with E-state index in [0.29, 0.717) is 18.7 Å². The summed E-state index contributed by atoms with van der Waals surface area (Å²) in [6, 6.07) is 19.5. The zero-order valence-electron chi connectivity index (χ0n) is 13.7. The van der Waals surface area contributed by atoms with Crippen LogP contribution in [0.1, 0.15) is 21.5 Å². The molecule has 0 aliphatic rings. The first-order chi connectivity index (χ1) is 12.3. The molecule has 1 aromatic heterocycles. The quantitative estimate of drug-likeness (QED) is 0.595. The summed E-state index contributed by atoms with van der Waals surface area (Å²) >= 11 is 0. The van der Waals surface area contributed by atoms with E-state index in [1.165, 1.54) is 0 Å². The minimum atomic E-state index is -0.103. The van der Waals surface area contributed by atoms with Gasteiger partial charge in [0.15, 0.2) is 0 Å². The predicted octanol–water partition coefficient (Wildman–Crippen LogP) is 3.97. The lowest BCUT2D eigenvalue weighted by Gasteiger charge is -2.09. The highest BCUT2D eigenvalue weighted by molar-refractivity contribution is 5.99. The maximum atomic E-state index is 12.6. The van der Waals surface area contributed by atoms with Crippen LogP contribution in [0.25, 0.3) is 21.7 Å². The number of nitrogens with two attached hydrogens (primary N) is 1. The van der Waals surface area contributed by atoms with Crippen molar-refractivity contribution in [3.8, 4) is 0 Å². The molecule has 0 saturated heterocycles. The summed E-state index contributed by atoms with van der Waals surface area (Å²) in [5.74, 6) is -0.103. The highest BCUT2D eigenvalue weighted by Crippen LogP contribution is 2.21. The van der Waals surface area contributed by atoms with E-state index in [2.05, 4.69) is 5.32 Å². The molecule has 124 valence electrons. The second-order valence-corrected chi connectivity index (χ2v) is 5.99. The van der Waals surface area contributed by atoms with Crippen molar-refractivity contribution in [2.24, 2.45) is 5.73 Å². The van der Waals surface area contributed by atoms with Crippen molar-refractivity contribution in [2.75, 3.05) is 0 Å².